The molecule has 1 aliphatic rings. The first-order valence-corrected chi connectivity index (χ1v) is 12.5. The van der Waals surface area contributed by atoms with Crippen molar-refractivity contribution >= 4 is 40.4 Å². The number of imidazole rings is 1. The van der Waals surface area contributed by atoms with Gasteiger partial charge in [0.25, 0.3) is 0 Å². The van der Waals surface area contributed by atoms with Gasteiger partial charge < -0.3 is 35.4 Å². The fourth-order valence-electron chi connectivity index (χ4n) is 2.63. The van der Waals surface area contributed by atoms with Crippen LogP contribution in [0.3, 0.4) is 0 Å². The van der Waals surface area contributed by atoms with Gasteiger partial charge in [0.15, 0.2) is 17.7 Å². The molecule has 180 valence electrons. The van der Waals surface area contributed by atoms with E-state index in [-0.39, 0.29) is 17.0 Å². The van der Waals surface area contributed by atoms with Crippen molar-refractivity contribution in [1.29, 1.82) is 0 Å². The van der Waals surface area contributed by atoms with Gasteiger partial charge in [0.2, 0.25) is 0 Å². The van der Waals surface area contributed by atoms with E-state index in [1.807, 2.05) is 0 Å². The molecule has 1 saturated heterocycles. The zero-order valence-corrected chi connectivity index (χ0v) is 17.9. The summed E-state index contributed by atoms with van der Waals surface area (Å²) in [6, 6.07) is 0. The Balaban J connectivity index is 1.68. The Morgan fingerprint density at radius 3 is 2.38 bits per heavy atom. The fourth-order valence-corrected chi connectivity index (χ4v) is 5.73. The molecule has 32 heavy (non-hydrogen) atoms. The fraction of sp³-hybridized carbons (Fsp3) is 0.500. The summed E-state index contributed by atoms with van der Waals surface area (Å²) in [5.74, 6) is 0.0290. The second kappa shape index (κ2) is 9.08. The van der Waals surface area contributed by atoms with E-state index in [1.165, 1.54) is 10.9 Å². The number of aliphatic hydroxyl groups excluding tert-OH is 2. The normalized spacial score (nSPS) is 29.4. The Hall–Kier alpha value is -1.43. The summed E-state index contributed by atoms with van der Waals surface area (Å²) >= 11 is 0. The SMILES string of the molecule is Nc1ncnc2c1ncn2[C@@H]1O[C@H](COP(=O)(O)OP(=O)(O)OP(=O)(O)OF)[C@@H](O)[C@H]1O. The van der Waals surface area contributed by atoms with Gasteiger partial charge in [0.05, 0.1) is 12.9 Å². The lowest BCUT2D eigenvalue weighted by Crippen LogP contribution is -2.33. The Morgan fingerprint density at radius 2 is 1.72 bits per heavy atom. The van der Waals surface area contributed by atoms with Crippen LogP contribution in [0.5, 0.6) is 0 Å². The summed E-state index contributed by atoms with van der Waals surface area (Å²) in [7, 11) is -17.1. The first-order valence-electron chi connectivity index (χ1n) is 8.06. The van der Waals surface area contributed by atoms with Gasteiger partial charge in [0, 0.05) is 0 Å². The van der Waals surface area contributed by atoms with E-state index >= 15 is 0 Å². The third kappa shape index (κ3) is 5.55. The molecule has 0 radical (unpaired) electrons. The van der Waals surface area contributed by atoms with Crippen LogP contribution in [-0.2, 0) is 36.3 Å². The van der Waals surface area contributed by atoms with Gasteiger partial charge in [-0.3, -0.25) is 9.09 Å². The van der Waals surface area contributed by atoms with Gasteiger partial charge >= 0.3 is 23.5 Å². The van der Waals surface area contributed by atoms with Crippen molar-refractivity contribution in [2.75, 3.05) is 12.3 Å². The summed E-state index contributed by atoms with van der Waals surface area (Å²) in [5.41, 5.74) is 5.96. The zero-order chi connectivity index (χ0) is 23.9. The minimum Gasteiger partial charge on any atom is -0.387 e. The molecule has 1 aliphatic heterocycles. The molecule has 3 rings (SSSR count). The molecule has 2 aromatic rings. The van der Waals surface area contributed by atoms with Crippen molar-refractivity contribution in [3.8, 4) is 0 Å². The van der Waals surface area contributed by atoms with Crippen molar-refractivity contribution in [2.24, 2.45) is 0 Å². The highest BCUT2D eigenvalue weighted by Gasteiger charge is 2.47. The number of anilines is 1. The zero-order valence-electron chi connectivity index (χ0n) is 15.3. The van der Waals surface area contributed by atoms with Gasteiger partial charge in [-0.05, 0) is 4.53 Å². The number of halogens is 1. The van der Waals surface area contributed by atoms with Gasteiger partial charge in [-0.2, -0.15) is 8.62 Å². The maximum atomic E-state index is 11.8. The van der Waals surface area contributed by atoms with Crippen LogP contribution < -0.4 is 5.73 Å². The summed E-state index contributed by atoms with van der Waals surface area (Å²) in [5, 5.41) is 20.4. The number of nitrogen functional groups attached to an aromatic ring is 1. The maximum Gasteiger partial charge on any atom is 0.512 e. The van der Waals surface area contributed by atoms with Crippen LogP contribution in [0.4, 0.5) is 10.3 Å². The molecule has 3 heterocycles. The number of phosphoric acid groups is 3. The van der Waals surface area contributed by atoms with Crippen molar-refractivity contribution in [3.05, 3.63) is 12.7 Å². The van der Waals surface area contributed by atoms with E-state index in [2.05, 4.69) is 32.8 Å². The second-order valence-corrected chi connectivity index (χ2v) is 10.6. The molecule has 7 N–H and O–H groups in total. The van der Waals surface area contributed by atoms with Crippen LogP contribution in [0.25, 0.3) is 11.2 Å². The molecule has 0 amide bonds. The van der Waals surface area contributed by atoms with E-state index in [1.54, 1.807) is 0 Å². The molecule has 0 saturated carbocycles. The predicted octanol–water partition coefficient (Wildman–Crippen LogP) is -0.720. The standard InChI is InChI=1S/C10H15FN5O13P3/c11-27-31(21,22)29-32(23,24)28-30(19,20)25-1-4-6(17)7(18)10(26-4)16-3-15-5-8(12)13-2-14-9(5)16/h2-4,6-7,10,17-18H,1H2,(H,19,20)(H,21,22)(H,23,24)(H2,12,13,14)/t4-,6-,7-,10-/m1/s1. The number of rotatable bonds is 9. The molecule has 1 fully saturated rings. The van der Waals surface area contributed by atoms with E-state index in [0.717, 1.165) is 6.33 Å². The van der Waals surface area contributed by atoms with E-state index in [0.29, 0.717) is 0 Å². The van der Waals surface area contributed by atoms with Crippen molar-refractivity contribution in [1.82, 2.24) is 19.5 Å². The molecule has 2 aromatic heterocycles. The van der Waals surface area contributed by atoms with E-state index < -0.39 is 54.6 Å². The van der Waals surface area contributed by atoms with E-state index in [9.17, 15) is 33.3 Å². The largest absolute Gasteiger partial charge is 0.512 e. The minimum atomic E-state index is -5.83. The third-order valence-corrected chi connectivity index (χ3v) is 7.85. The first kappa shape index (κ1) is 25.2. The molecule has 3 unspecified atom stereocenters. The van der Waals surface area contributed by atoms with Crippen LogP contribution in [0.2, 0.25) is 0 Å². The molecule has 0 bridgehead atoms. The number of nitrogens with zero attached hydrogens (tertiary/aromatic N) is 4. The number of fused-ring (bicyclic) bond motifs is 1. The van der Waals surface area contributed by atoms with Crippen LogP contribution in [-0.4, -0.2) is 69.3 Å². The molecule has 0 aliphatic carbocycles. The minimum absolute atomic E-state index is 0.0290. The number of hydrogen-bond acceptors (Lipinski definition) is 14. The van der Waals surface area contributed by atoms with Gasteiger partial charge in [0.1, 0.15) is 30.2 Å². The van der Waals surface area contributed by atoms with Crippen molar-refractivity contribution < 1.29 is 65.7 Å². The number of aromatic nitrogens is 4. The van der Waals surface area contributed by atoms with Crippen LogP contribution in [0.15, 0.2) is 12.7 Å². The summed E-state index contributed by atoms with van der Waals surface area (Å²) in [6.07, 6.45) is -3.84. The average Bonchev–Trinajstić information content (AvgIpc) is 3.21. The van der Waals surface area contributed by atoms with Crippen molar-refractivity contribution in [2.45, 2.75) is 24.5 Å². The molecule has 22 heteroatoms. The number of hydrogen-bond donors (Lipinski definition) is 6. The number of phosphoric ester groups is 1. The Morgan fingerprint density at radius 1 is 1.06 bits per heavy atom. The average molecular weight is 525 g/mol. The number of nitrogens with two attached hydrogens (primary N) is 1. The molecular formula is C10H15FN5O13P3. The van der Waals surface area contributed by atoms with Crippen LogP contribution >= 0.6 is 23.5 Å². The topological polar surface area (TPSA) is 268 Å². The monoisotopic (exact) mass is 525 g/mol. The second-order valence-electron chi connectivity index (χ2n) is 6.06. The highest BCUT2D eigenvalue weighted by molar-refractivity contribution is 7.66. The Bertz CT molecular complexity index is 1130. The van der Waals surface area contributed by atoms with Crippen molar-refractivity contribution in [3.63, 3.8) is 0 Å². The lowest BCUT2D eigenvalue weighted by atomic mass is 10.1. The summed E-state index contributed by atoms with van der Waals surface area (Å²) in [6.45, 7) is -0.997. The van der Waals surface area contributed by atoms with Gasteiger partial charge in [-0.1, -0.05) is 4.73 Å². The maximum absolute atomic E-state index is 11.8. The van der Waals surface area contributed by atoms with E-state index in [4.69, 9.17) is 20.3 Å². The lowest BCUT2D eigenvalue weighted by Gasteiger charge is -2.19. The highest BCUT2D eigenvalue weighted by atomic mass is 31.3. The molecule has 0 spiro atoms. The first-order chi connectivity index (χ1) is 14.8. The van der Waals surface area contributed by atoms with Gasteiger partial charge in [-0.15, -0.1) is 0 Å². The molecule has 0 aromatic carbocycles. The van der Waals surface area contributed by atoms with Crippen LogP contribution in [0.1, 0.15) is 6.23 Å². The quantitative estimate of drug-likeness (QED) is 0.220. The smallest absolute Gasteiger partial charge is 0.387 e. The number of aliphatic hydroxyl groups is 2. The third-order valence-electron chi connectivity index (χ3n) is 3.90. The summed E-state index contributed by atoms with van der Waals surface area (Å²) < 4.78 is 66.3. The summed E-state index contributed by atoms with van der Waals surface area (Å²) in [4.78, 5) is 38.9. The number of ether oxygens (including phenoxy) is 1. The predicted molar refractivity (Wildman–Crippen MR) is 95.4 cm³/mol. The molecule has 18 nitrogen and oxygen atoms in total. The lowest BCUT2D eigenvalue weighted by molar-refractivity contribution is -0.0507. The Kier molecular flexibility index (Phi) is 7.15. The van der Waals surface area contributed by atoms with Crippen LogP contribution in [0, 0.1) is 0 Å². The molecular weight excluding hydrogens is 510 g/mol. The van der Waals surface area contributed by atoms with Gasteiger partial charge in [-0.25, -0.2) is 28.6 Å². The molecule has 7 atom stereocenters. The Labute approximate surface area is 176 Å². The highest BCUT2D eigenvalue weighted by Crippen LogP contribution is 2.67.